The van der Waals surface area contributed by atoms with Crippen LogP contribution in [-0.4, -0.2) is 22.4 Å². The lowest BCUT2D eigenvalue weighted by atomic mass is 10.2. The summed E-state index contributed by atoms with van der Waals surface area (Å²) < 4.78 is 58.9. The van der Waals surface area contributed by atoms with Crippen LogP contribution < -0.4 is 0 Å². The van der Waals surface area contributed by atoms with Crippen molar-refractivity contribution < 1.29 is 27.1 Å². The van der Waals surface area contributed by atoms with Crippen molar-refractivity contribution in [2.24, 2.45) is 0 Å². The predicted molar refractivity (Wildman–Crippen MR) is 72.2 cm³/mol. The standard InChI is InChI=1S/C13H9BrF4N2O2/c1-2-22-12(21)8-6-19-20(11(8)13(16,17)18)10-5-7(14)3-4-9(10)15/h3-6H,2H2,1H3. The first-order valence-electron chi connectivity index (χ1n) is 6.03. The van der Waals surface area contributed by atoms with Crippen molar-refractivity contribution in [3.63, 3.8) is 0 Å². The molecule has 0 aliphatic heterocycles. The Bertz CT molecular complexity index is 713. The number of alkyl halides is 3. The van der Waals surface area contributed by atoms with Crippen LogP contribution in [0, 0.1) is 5.82 Å². The van der Waals surface area contributed by atoms with Gasteiger partial charge in [0.2, 0.25) is 0 Å². The third-order valence-electron chi connectivity index (χ3n) is 2.67. The summed E-state index contributed by atoms with van der Waals surface area (Å²) in [7, 11) is 0. The van der Waals surface area contributed by atoms with Crippen molar-refractivity contribution in [3.05, 3.63) is 45.9 Å². The van der Waals surface area contributed by atoms with Gasteiger partial charge in [-0.1, -0.05) is 15.9 Å². The van der Waals surface area contributed by atoms with Crippen molar-refractivity contribution in [3.8, 4) is 5.69 Å². The molecule has 0 spiro atoms. The zero-order valence-electron chi connectivity index (χ0n) is 11.1. The van der Waals surface area contributed by atoms with E-state index >= 15 is 0 Å². The molecular weight excluding hydrogens is 372 g/mol. The molecule has 2 aromatic rings. The van der Waals surface area contributed by atoms with Gasteiger partial charge in [-0.25, -0.2) is 13.9 Å². The monoisotopic (exact) mass is 380 g/mol. The maximum absolute atomic E-state index is 13.8. The van der Waals surface area contributed by atoms with E-state index in [1.54, 1.807) is 0 Å². The van der Waals surface area contributed by atoms with E-state index in [4.69, 9.17) is 0 Å². The van der Waals surface area contributed by atoms with Gasteiger partial charge in [0.05, 0.1) is 12.8 Å². The van der Waals surface area contributed by atoms with Crippen LogP contribution in [0.5, 0.6) is 0 Å². The first-order valence-corrected chi connectivity index (χ1v) is 6.82. The molecule has 0 N–H and O–H groups in total. The smallest absolute Gasteiger partial charge is 0.434 e. The van der Waals surface area contributed by atoms with E-state index in [1.165, 1.54) is 13.0 Å². The van der Waals surface area contributed by atoms with Crippen LogP contribution in [0.2, 0.25) is 0 Å². The Hall–Kier alpha value is -1.90. The van der Waals surface area contributed by atoms with Crippen LogP contribution >= 0.6 is 15.9 Å². The number of hydrogen-bond donors (Lipinski definition) is 0. The first kappa shape index (κ1) is 16.5. The summed E-state index contributed by atoms with van der Waals surface area (Å²) >= 11 is 3.05. The highest BCUT2D eigenvalue weighted by atomic mass is 79.9. The number of hydrogen-bond acceptors (Lipinski definition) is 3. The molecule has 0 aliphatic rings. The number of ether oxygens (including phenoxy) is 1. The molecule has 1 heterocycles. The van der Waals surface area contributed by atoms with Gasteiger partial charge in [0.25, 0.3) is 0 Å². The molecule has 118 valence electrons. The van der Waals surface area contributed by atoms with Gasteiger partial charge in [0, 0.05) is 4.47 Å². The number of rotatable bonds is 3. The number of carbonyl (C=O) groups is 1. The highest BCUT2D eigenvalue weighted by Crippen LogP contribution is 2.35. The molecule has 0 bridgehead atoms. The molecule has 1 aromatic carbocycles. The van der Waals surface area contributed by atoms with Crippen molar-refractivity contribution in [2.45, 2.75) is 13.1 Å². The van der Waals surface area contributed by atoms with E-state index in [2.05, 4.69) is 25.8 Å². The van der Waals surface area contributed by atoms with E-state index in [9.17, 15) is 22.4 Å². The fraction of sp³-hybridized carbons (Fsp3) is 0.231. The zero-order chi connectivity index (χ0) is 16.5. The molecule has 0 unspecified atom stereocenters. The number of esters is 1. The third kappa shape index (κ3) is 3.13. The lowest BCUT2D eigenvalue weighted by Crippen LogP contribution is -2.19. The number of carbonyl (C=O) groups excluding carboxylic acids is 1. The molecule has 4 nitrogen and oxygen atoms in total. The summed E-state index contributed by atoms with van der Waals surface area (Å²) in [6, 6.07) is 3.46. The highest BCUT2D eigenvalue weighted by molar-refractivity contribution is 9.10. The minimum Gasteiger partial charge on any atom is -0.462 e. The topological polar surface area (TPSA) is 44.1 Å². The number of halogens is 5. The average Bonchev–Trinajstić information content (AvgIpc) is 2.86. The molecule has 0 amide bonds. The van der Waals surface area contributed by atoms with Crippen LogP contribution in [0.1, 0.15) is 23.0 Å². The third-order valence-corrected chi connectivity index (χ3v) is 3.16. The minimum atomic E-state index is -4.91. The Kier molecular flexibility index (Phi) is 4.55. The Balaban J connectivity index is 2.67. The molecule has 0 atom stereocenters. The van der Waals surface area contributed by atoms with Crippen molar-refractivity contribution in [1.29, 1.82) is 0 Å². The van der Waals surface area contributed by atoms with Crippen LogP contribution in [0.4, 0.5) is 17.6 Å². The quantitative estimate of drug-likeness (QED) is 0.597. The van der Waals surface area contributed by atoms with Crippen LogP contribution in [0.3, 0.4) is 0 Å². The van der Waals surface area contributed by atoms with Crippen LogP contribution in [0.15, 0.2) is 28.9 Å². The Morgan fingerprint density at radius 3 is 2.68 bits per heavy atom. The van der Waals surface area contributed by atoms with Gasteiger partial charge in [-0.05, 0) is 25.1 Å². The number of aromatic nitrogens is 2. The van der Waals surface area contributed by atoms with Gasteiger partial charge in [-0.15, -0.1) is 0 Å². The lowest BCUT2D eigenvalue weighted by Gasteiger charge is -2.13. The van der Waals surface area contributed by atoms with Gasteiger partial charge in [0.15, 0.2) is 5.69 Å². The van der Waals surface area contributed by atoms with Gasteiger partial charge < -0.3 is 4.74 Å². The summed E-state index contributed by atoms with van der Waals surface area (Å²) in [6.45, 7) is 1.37. The second kappa shape index (κ2) is 6.07. The molecule has 0 fully saturated rings. The Morgan fingerprint density at radius 2 is 2.09 bits per heavy atom. The number of benzene rings is 1. The van der Waals surface area contributed by atoms with E-state index in [0.717, 1.165) is 12.1 Å². The van der Waals surface area contributed by atoms with Crippen LogP contribution in [0.25, 0.3) is 5.69 Å². The van der Waals surface area contributed by atoms with Crippen molar-refractivity contribution >= 4 is 21.9 Å². The fourth-order valence-corrected chi connectivity index (χ4v) is 2.16. The van der Waals surface area contributed by atoms with Gasteiger partial charge in [0.1, 0.15) is 17.1 Å². The molecule has 2 rings (SSSR count). The summed E-state index contributed by atoms with van der Waals surface area (Å²) in [6.07, 6.45) is -4.20. The number of nitrogens with zero attached hydrogens (tertiary/aromatic N) is 2. The summed E-state index contributed by atoms with van der Waals surface area (Å²) in [5.41, 5.74) is -2.59. The molecule has 22 heavy (non-hydrogen) atoms. The molecule has 0 aliphatic carbocycles. The molecule has 0 saturated carbocycles. The lowest BCUT2D eigenvalue weighted by molar-refractivity contribution is -0.143. The normalized spacial score (nSPS) is 11.5. The summed E-state index contributed by atoms with van der Waals surface area (Å²) in [5, 5.41) is 3.49. The Morgan fingerprint density at radius 1 is 1.41 bits per heavy atom. The van der Waals surface area contributed by atoms with E-state index < -0.39 is 34.9 Å². The highest BCUT2D eigenvalue weighted by Gasteiger charge is 2.41. The molecule has 0 saturated heterocycles. The average molecular weight is 381 g/mol. The fourth-order valence-electron chi connectivity index (χ4n) is 1.81. The van der Waals surface area contributed by atoms with Crippen molar-refractivity contribution in [1.82, 2.24) is 9.78 Å². The maximum atomic E-state index is 13.8. The minimum absolute atomic E-state index is 0.0907. The van der Waals surface area contributed by atoms with E-state index in [0.29, 0.717) is 15.4 Å². The van der Waals surface area contributed by atoms with Gasteiger partial charge in [-0.3, -0.25) is 0 Å². The molecule has 9 heteroatoms. The predicted octanol–water partition coefficient (Wildman–Crippen LogP) is 3.97. The second-order valence-corrected chi connectivity index (χ2v) is 5.05. The second-order valence-electron chi connectivity index (χ2n) is 4.13. The maximum Gasteiger partial charge on any atom is 0.434 e. The van der Waals surface area contributed by atoms with E-state index in [-0.39, 0.29) is 6.61 Å². The summed E-state index contributed by atoms with van der Waals surface area (Å²) in [4.78, 5) is 11.6. The van der Waals surface area contributed by atoms with Gasteiger partial charge >= 0.3 is 12.1 Å². The molecular formula is C13H9BrF4N2O2. The SMILES string of the molecule is CCOC(=O)c1cnn(-c2cc(Br)ccc2F)c1C(F)(F)F. The van der Waals surface area contributed by atoms with Crippen LogP contribution in [-0.2, 0) is 10.9 Å². The largest absolute Gasteiger partial charge is 0.462 e. The van der Waals surface area contributed by atoms with Gasteiger partial charge in [-0.2, -0.15) is 18.3 Å². The Labute approximate surface area is 130 Å². The van der Waals surface area contributed by atoms with Crippen molar-refractivity contribution in [2.75, 3.05) is 6.61 Å². The summed E-state index contributed by atoms with van der Waals surface area (Å²) in [5.74, 6) is -2.08. The molecule has 0 radical (unpaired) electrons. The van der Waals surface area contributed by atoms with E-state index in [1.807, 2.05) is 0 Å². The zero-order valence-corrected chi connectivity index (χ0v) is 12.7. The first-order chi connectivity index (χ1) is 10.3. The molecule has 1 aromatic heterocycles.